The van der Waals surface area contributed by atoms with Crippen LogP contribution < -0.4 is 15.2 Å². The molecule has 0 aliphatic rings. The van der Waals surface area contributed by atoms with Gasteiger partial charge in [0.1, 0.15) is 0 Å². The molecule has 9 nitrogen and oxygen atoms in total. The van der Waals surface area contributed by atoms with Gasteiger partial charge in [-0.2, -0.15) is 0 Å². The second-order valence-corrected chi connectivity index (χ2v) is 9.64. The van der Waals surface area contributed by atoms with E-state index in [1.807, 2.05) is 0 Å². The lowest BCUT2D eigenvalue weighted by atomic mass is 10.3. The molecule has 0 saturated heterocycles. The summed E-state index contributed by atoms with van der Waals surface area (Å²) in [6, 6.07) is 17.6. The van der Waals surface area contributed by atoms with E-state index < -0.39 is 25.8 Å². The molecule has 0 amide bonds. The Balaban J connectivity index is 1.55. The van der Waals surface area contributed by atoms with Crippen molar-refractivity contribution in [1.82, 2.24) is 4.98 Å². The Hall–Kier alpha value is -3.57. The average molecular weight is 445 g/mol. The predicted molar refractivity (Wildman–Crippen MR) is 111 cm³/mol. The zero-order chi connectivity index (χ0) is 21.4. The highest BCUT2D eigenvalue weighted by Gasteiger charge is 2.18. The van der Waals surface area contributed by atoms with Crippen molar-refractivity contribution in [3.63, 3.8) is 0 Å². The second-order valence-electron chi connectivity index (χ2n) is 6.27. The van der Waals surface area contributed by atoms with Gasteiger partial charge >= 0.3 is 5.76 Å². The third-order valence-corrected chi connectivity index (χ3v) is 6.92. The summed E-state index contributed by atoms with van der Waals surface area (Å²) < 4.78 is 59.8. The molecule has 0 atom stereocenters. The molecule has 3 aromatic carbocycles. The molecule has 11 heteroatoms. The fraction of sp³-hybridized carbons (Fsp3) is 0. The topological polar surface area (TPSA) is 138 Å². The van der Waals surface area contributed by atoms with E-state index in [2.05, 4.69) is 14.4 Å². The van der Waals surface area contributed by atoms with Gasteiger partial charge in [-0.25, -0.2) is 21.6 Å². The van der Waals surface area contributed by atoms with Crippen molar-refractivity contribution in [2.75, 3.05) is 9.44 Å². The molecular weight excluding hydrogens is 430 g/mol. The van der Waals surface area contributed by atoms with Crippen molar-refractivity contribution in [2.24, 2.45) is 0 Å². The van der Waals surface area contributed by atoms with E-state index in [0.717, 1.165) is 0 Å². The zero-order valence-corrected chi connectivity index (χ0v) is 16.8. The summed E-state index contributed by atoms with van der Waals surface area (Å²) in [7, 11) is -7.80. The normalized spacial score (nSPS) is 12.0. The van der Waals surface area contributed by atoms with Gasteiger partial charge in [0.2, 0.25) is 0 Å². The van der Waals surface area contributed by atoms with Crippen LogP contribution in [0.3, 0.4) is 0 Å². The first kappa shape index (κ1) is 19.7. The lowest BCUT2D eigenvalue weighted by molar-refractivity contribution is 0.554. The maximum atomic E-state index is 12.6. The number of aromatic amines is 1. The molecule has 4 aromatic rings. The highest BCUT2D eigenvalue weighted by atomic mass is 32.2. The number of oxazole rings is 1. The van der Waals surface area contributed by atoms with E-state index >= 15 is 0 Å². The molecule has 0 spiro atoms. The van der Waals surface area contributed by atoms with Gasteiger partial charge in [-0.1, -0.05) is 18.2 Å². The number of aromatic nitrogens is 1. The Bertz CT molecular complexity index is 1470. The number of hydrogen-bond acceptors (Lipinski definition) is 6. The van der Waals surface area contributed by atoms with Crippen LogP contribution in [0.1, 0.15) is 0 Å². The Labute approximate surface area is 171 Å². The minimum absolute atomic E-state index is 0.0233. The van der Waals surface area contributed by atoms with E-state index in [9.17, 15) is 21.6 Å². The number of H-pyrrole nitrogens is 1. The molecule has 0 aliphatic carbocycles. The molecule has 1 aromatic heterocycles. The number of para-hydroxylation sites is 1. The lowest BCUT2D eigenvalue weighted by Gasteiger charge is -2.10. The van der Waals surface area contributed by atoms with E-state index in [0.29, 0.717) is 11.2 Å². The van der Waals surface area contributed by atoms with Crippen LogP contribution in [0.5, 0.6) is 0 Å². The molecule has 0 radical (unpaired) electrons. The molecule has 1 heterocycles. The van der Waals surface area contributed by atoms with Gasteiger partial charge in [-0.3, -0.25) is 14.4 Å². The smallest absolute Gasteiger partial charge is 0.408 e. The van der Waals surface area contributed by atoms with Crippen LogP contribution in [-0.4, -0.2) is 21.8 Å². The lowest BCUT2D eigenvalue weighted by Crippen LogP contribution is -2.14. The van der Waals surface area contributed by atoms with Crippen molar-refractivity contribution in [1.29, 1.82) is 0 Å². The largest absolute Gasteiger partial charge is 0.417 e. The summed E-state index contributed by atoms with van der Waals surface area (Å²) in [5.41, 5.74) is 1.06. The Kier molecular flexibility index (Phi) is 4.84. The minimum Gasteiger partial charge on any atom is -0.408 e. The number of benzene rings is 3. The van der Waals surface area contributed by atoms with Crippen molar-refractivity contribution >= 4 is 42.5 Å². The summed E-state index contributed by atoms with van der Waals surface area (Å²) in [5.74, 6) is -0.687. The van der Waals surface area contributed by atoms with Gasteiger partial charge in [0.15, 0.2) is 5.58 Å². The van der Waals surface area contributed by atoms with Crippen LogP contribution in [0.4, 0.5) is 11.4 Å². The van der Waals surface area contributed by atoms with Gasteiger partial charge < -0.3 is 4.42 Å². The number of fused-ring (bicyclic) bond motifs is 1. The fourth-order valence-electron chi connectivity index (χ4n) is 2.73. The van der Waals surface area contributed by atoms with Crippen LogP contribution in [0, 0.1) is 0 Å². The number of sulfonamides is 2. The van der Waals surface area contributed by atoms with Crippen LogP contribution >= 0.6 is 0 Å². The van der Waals surface area contributed by atoms with Crippen LogP contribution in [0.15, 0.2) is 91.8 Å². The van der Waals surface area contributed by atoms with Crippen LogP contribution in [-0.2, 0) is 20.0 Å². The van der Waals surface area contributed by atoms with Crippen molar-refractivity contribution in [2.45, 2.75) is 9.79 Å². The molecule has 4 rings (SSSR count). The third-order valence-electron chi connectivity index (χ3n) is 4.15. The Morgan fingerprint density at radius 3 is 1.93 bits per heavy atom. The summed E-state index contributed by atoms with van der Waals surface area (Å²) in [4.78, 5) is 13.5. The molecule has 0 saturated carbocycles. The monoisotopic (exact) mass is 445 g/mol. The van der Waals surface area contributed by atoms with E-state index in [1.165, 1.54) is 42.5 Å². The Morgan fingerprint density at radius 1 is 0.700 bits per heavy atom. The highest BCUT2D eigenvalue weighted by Crippen LogP contribution is 2.22. The fourth-order valence-corrected chi connectivity index (χ4v) is 4.86. The highest BCUT2D eigenvalue weighted by molar-refractivity contribution is 7.93. The summed E-state index contributed by atoms with van der Waals surface area (Å²) >= 11 is 0. The summed E-state index contributed by atoms with van der Waals surface area (Å²) in [5, 5.41) is 0. The second kappa shape index (κ2) is 7.35. The SMILES string of the molecule is O=c1[nH]c2ccc(S(=O)(=O)Nc3ccc(S(=O)(=O)Nc4ccccc4)cc3)cc2o1. The number of hydrogen-bond donors (Lipinski definition) is 3. The first-order valence-electron chi connectivity index (χ1n) is 8.57. The van der Waals surface area contributed by atoms with Crippen LogP contribution in [0.25, 0.3) is 11.1 Å². The van der Waals surface area contributed by atoms with Gasteiger partial charge in [-0.15, -0.1) is 0 Å². The molecule has 0 fully saturated rings. The van der Waals surface area contributed by atoms with Gasteiger partial charge in [0.05, 0.1) is 15.3 Å². The quantitative estimate of drug-likeness (QED) is 0.417. The molecule has 154 valence electrons. The van der Waals surface area contributed by atoms with Gasteiger partial charge in [0, 0.05) is 17.4 Å². The predicted octanol–water partition coefficient (Wildman–Crippen LogP) is 2.72. The maximum absolute atomic E-state index is 12.6. The third kappa shape index (κ3) is 4.07. The van der Waals surface area contributed by atoms with E-state index in [4.69, 9.17) is 4.42 Å². The van der Waals surface area contributed by atoms with E-state index in [1.54, 1.807) is 30.3 Å². The number of anilines is 2. The standard InChI is InChI=1S/C19H15N3O6S2/c23-19-20-17-11-10-16(12-18(17)28-19)30(26,27)22-14-6-8-15(9-7-14)29(24,25)21-13-4-2-1-3-5-13/h1-12,21-22H,(H,20,23). The molecule has 0 aliphatic heterocycles. The first-order chi connectivity index (χ1) is 14.2. The summed E-state index contributed by atoms with van der Waals surface area (Å²) in [6.45, 7) is 0. The summed E-state index contributed by atoms with van der Waals surface area (Å²) in [6.07, 6.45) is 0. The number of nitrogens with one attached hydrogen (secondary N) is 3. The number of rotatable bonds is 6. The first-order valence-corrected chi connectivity index (χ1v) is 11.5. The van der Waals surface area contributed by atoms with Crippen molar-refractivity contribution in [3.05, 3.63) is 83.3 Å². The average Bonchev–Trinajstić information content (AvgIpc) is 3.08. The van der Waals surface area contributed by atoms with Gasteiger partial charge in [0.25, 0.3) is 20.0 Å². The van der Waals surface area contributed by atoms with E-state index in [-0.39, 0.29) is 21.1 Å². The van der Waals surface area contributed by atoms with Gasteiger partial charge in [-0.05, 0) is 48.5 Å². The molecule has 3 N–H and O–H groups in total. The Morgan fingerprint density at radius 2 is 1.27 bits per heavy atom. The van der Waals surface area contributed by atoms with Crippen molar-refractivity contribution < 1.29 is 21.3 Å². The van der Waals surface area contributed by atoms with Crippen LogP contribution in [0.2, 0.25) is 0 Å². The minimum atomic E-state index is -3.98. The molecule has 0 bridgehead atoms. The van der Waals surface area contributed by atoms with Crippen molar-refractivity contribution in [3.8, 4) is 0 Å². The molecule has 0 unspecified atom stereocenters. The maximum Gasteiger partial charge on any atom is 0.417 e. The zero-order valence-electron chi connectivity index (χ0n) is 15.2. The molecule has 30 heavy (non-hydrogen) atoms. The molecular formula is C19H15N3O6S2.